The molecule has 1 N–H and O–H groups in total. The number of fused-ring (bicyclic) bond motifs is 1. The molecule has 0 fully saturated rings. The van der Waals surface area contributed by atoms with Crippen LogP contribution in [0.15, 0.2) is 78.4 Å². The zero-order valence-corrected chi connectivity index (χ0v) is 17.3. The minimum atomic E-state index is -1.26. The van der Waals surface area contributed by atoms with E-state index in [0.29, 0.717) is 27.7 Å². The molecular weight excluding hydrogens is 430 g/mol. The third-order valence-electron chi connectivity index (χ3n) is 4.90. The second-order valence-corrected chi connectivity index (χ2v) is 7.45. The van der Waals surface area contributed by atoms with Crippen LogP contribution in [-0.4, -0.2) is 30.5 Å². The maximum atomic E-state index is 13.4. The van der Waals surface area contributed by atoms with Gasteiger partial charge in [0.25, 0.3) is 5.69 Å². The van der Waals surface area contributed by atoms with Crippen molar-refractivity contribution in [1.29, 1.82) is 0 Å². The van der Waals surface area contributed by atoms with E-state index in [1.807, 2.05) is 0 Å². The van der Waals surface area contributed by atoms with Gasteiger partial charge in [0, 0.05) is 29.7 Å². The fourth-order valence-corrected chi connectivity index (χ4v) is 3.87. The van der Waals surface area contributed by atoms with Gasteiger partial charge < -0.3 is 5.11 Å². The molecule has 0 amide bonds. The molecule has 0 atom stereocenters. The van der Waals surface area contributed by atoms with E-state index in [4.69, 9.17) is 0 Å². The summed E-state index contributed by atoms with van der Waals surface area (Å²) in [5, 5.41) is 21.0. The molecule has 0 unspecified atom stereocenters. The fraction of sp³-hybridized carbons (Fsp3) is 0.0435. The molecule has 0 radical (unpaired) electrons. The first-order valence-electron chi connectivity index (χ1n) is 9.46. The normalized spacial score (nSPS) is 11.8. The van der Waals surface area contributed by atoms with Gasteiger partial charge in [-0.25, -0.2) is 4.79 Å². The van der Waals surface area contributed by atoms with E-state index in [9.17, 15) is 24.8 Å². The lowest BCUT2D eigenvalue weighted by atomic mass is 9.89. The van der Waals surface area contributed by atoms with Crippen LogP contribution in [0.3, 0.4) is 0 Å². The summed E-state index contributed by atoms with van der Waals surface area (Å²) in [5.74, 6) is -1.69. The number of Topliss-reactive ketones (excluding diaryl/α,β-unsaturated/α-hetero) is 1. The molecule has 0 aliphatic rings. The predicted molar refractivity (Wildman–Crippen MR) is 120 cm³/mol. The van der Waals surface area contributed by atoms with Crippen LogP contribution in [0, 0.1) is 10.1 Å². The lowest BCUT2D eigenvalue weighted by Gasteiger charge is -2.13. The van der Waals surface area contributed by atoms with Crippen molar-refractivity contribution in [1.82, 2.24) is 8.75 Å². The van der Waals surface area contributed by atoms with Crippen molar-refractivity contribution in [3.8, 4) is 0 Å². The van der Waals surface area contributed by atoms with Crippen molar-refractivity contribution in [2.75, 3.05) is 0 Å². The molecule has 0 spiro atoms. The Labute approximate surface area is 185 Å². The molecule has 0 saturated carbocycles. The molecule has 9 heteroatoms. The summed E-state index contributed by atoms with van der Waals surface area (Å²) in [7, 11) is 0. The number of nitro groups is 1. The van der Waals surface area contributed by atoms with E-state index < -0.39 is 16.7 Å². The molecule has 1 heterocycles. The van der Waals surface area contributed by atoms with E-state index in [1.54, 1.807) is 48.5 Å². The topological polar surface area (TPSA) is 123 Å². The predicted octanol–water partition coefficient (Wildman–Crippen LogP) is 4.56. The summed E-state index contributed by atoms with van der Waals surface area (Å²) < 4.78 is 8.29. The standard InChI is InChI=1S/C23H15N3O5S/c27-22(15-4-2-1-3-5-15)18(12-14-6-9-17(10-7-14)26(30)31)21(23(28)29)16-8-11-19-20(13-16)25-32-24-19/h1-11,13H,12H2,(H,28,29)/b21-18+. The van der Waals surface area contributed by atoms with Crippen LogP contribution < -0.4 is 0 Å². The number of nitro benzene ring substituents is 1. The van der Waals surface area contributed by atoms with Gasteiger partial charge >= 0.3 is 5.97 Å². The summed E-state index contributed by atoms with van der Waals surface area (Å²) in [4.78, 5) is 36.2. The second kappa shape index (κ2) is 8.86. The number of carboxylic acids is 1. The highest BCUT2D eigenvalue weighted by Crippen LogP contribution is 2.28. The fourth-order valence-electron chi connectivity index (χ4n) is 3.35. The Morgan fingerprint density at radius 1 is 0.906 bits per heavy atom. The van der Waals surface area contributed by atoms with Crippen molar-refractivity contribution in [2.24, 2.45) is 0 Å². The number of hydrogen-bond donors (Lipinski definition) is 1. The van der Waals surface area contributed by atoms with Crippen molar-refractivity contribution < 1.29 is 19.6 Å². The average Bonchev–Trinajstić information content (AvgIpc) is 3.27. The summed E-state index contributed by atoms with van der Waals surface area (Å²) in [6.45, 7) is 0. The first-order valence-corrected chi connectivity index (χ1v) is 10.2. The van der Waals surface area contributed by atoms with Crippen LogP contribution >= 0.6 is 11.7 Å². The smallest absolute Gasteiger partial charge is 0.336 e. The van der Waals surface area contributed by atoms with E-state index in [0.717, 1.165) is 11.7 Å². The van der Waals surface area contributed by atoms with Crippen molar-refractivity contribution in [2.45, 2.75) is 6.42 Å². The minimum absolute atomic E-state index is 0.0132. The molecule has 1 aromatic heterocycles. The van der Waals surface area contributed by atoms with Crippen LogP contribution in [0.2, 0.25) is 0 Å². The van der Waals surface area contributed by atoms with Gasteiger partial charge in [0.15, 0.2) is 5.78 Å². The number of carbonyl (C=O) groups excluding carboxylic acids is 1. The number of allylic oxidation sites excluding steroid dienone is 1. The molecule has 0 aliphatic heterocycles. The molecule has 32 heavy (non-hydrogen) atoms. The number of nitrogens with zero attached hydrogens (tertiary/aromatic N) is 3. The zero-order chi connectivity index (χ0) is 22.7. The average molecular weight is 445 g/mol. The molecule has 0 aliphatic carbocycles. The van der Waals surface area contributed by atoms with Gasteiger partial charge in [0.1, 0.15) is 11.0 Å². The Morgan fingerprint density at radius 3 is 2.25 bits per heavy atom. The van der Waals surface area contributed by atoms with Gasteiger partial charge in [-0.05, 0) is 23.3 Å². The Kier molecular flexibility index (Phi) is 5.82. The Bertz CT molecular complexity index is 1360. The number of benzene rings is 3. The van der Waals surface area contributed by atoms with Crippen molar-refractivity contribution in [3.05, 3.63) is 105 Å². The Balaban J connectivity index is 1.88. The highest BCUT2D eigenvalue weighted by Gasteiger charge is 2.24. The van der Waals surface area contributed by atoms with Gasteiger partial charge in [-0.2, -0.15) is 8.75 Å². The van der Waals surface area contributed by atoms with Crippen LogP contribution in [0.5, 0.6) is 0 Å². The van der Waals surface area contributed by atoms with E-state index >= 15 is 0 Å². The molecule has 0 bridgehead atoms. The van der Waals surface area contributed by atoms with Gasteiger partial charge in [0.2, 0.25) is 0 Å². The van der Waals surface area contributed by atoms with Gasteiger partial charge in [-0.1, -0.05) is 48.5 Å². The first-order chi connectivity index (χ1) is 15.4. The molecule has 4 rings (SSSR count). The van der Waals surface area contributed by atoms with Gasteiger partial charge in [0.05, 0.1) is 22.2 Å². The summed E-state index contributed by atoms with van der Waals surface area (Å²) in [6, 6.07) is 18.9. The number of carbonyl (C=O) groups is 2. The number of non-ortho nitro benzene ring substituents is 1. The zero-order valence-electron chi connectivity index (χ0n) is 16.5. The quantitative estimate of drug-likeness (QED) is 0.191. The molecule has 8 nitrogen and oxygen atoms in total. The summed E-state index contributed by atoms with van der Waals surface area (Å²) in [5.41, 5.74) is 2.26. The summed E-state index contributed by atoms with van der Waals surface area (Å²) >= 11 is 1.01. The number of ketones is 1. The lowest BCUT2D eigenvalue weighted by Crippen LogP contribution is -2.14. The number of aromatic nitrogens is 2. The van der Waals surface area contributed by atoms with Gasteiger partial charge in [-0.15, -0.1) is 0 Å². The third kappa shape index (κ3) is 4.28. The molecular formula is C23H15N3O5S. The van der Waals surface area contributed by atoms with Crippen LogP contribution in [0.25, 0.3) is 16.6 Å². The van der Waals surface area contributed by atoms with Crippen molar-refractivity contribution in [3.63, 3.8) is 0 Å². The number of carboxylic acid groups (broad SMARTS) is 1. The molecule has 3 aromatic carbocycles. The molecule has 4 aromatic rings. The first kappa shape index (κ1) is 21.0. The highest BCUT2D eigenvalue weighted by atomic mass is 32.1. The number of hydrogen-bond acceptors (Lipinski definition) is 7. The highest BCUT2D eigenvalue weighted by molar-refractivity contribution is 7.00. The van der Waals surface area contributed by atoms with Gasteiger partial charge in [-0.3, -0.25) is 14.9 Å². The van der Waals surface area contributed by atoms with Crippen molar-refractivity contribution >= 4 is 45.8 Å². The minimum Gasteiger partial charge on any atom is -0.478 e. The summed E-state index contributed by atoms with van der Waals surface area (Å²) in [6.07, 6.45) is -0.0132. The lowest BCUT2D eigenvalue weighted by molar-refractivity contribution is -0.384. The third-order valence-corrected chi connectivity index (χ3v) is 5.45. The van der Waals surface area contributed by atoms with E-state index in [1.165, 1.54) is 24.3 Å². The SMILES string of the molecule is O=C(O)/C(=C(\Cc1ccc([N+](=O)[O-])cc1)C(=O)c1ccccc1)c1ccc2nsnc2c1. The maximum Gasteiger partial charge on any atom is 0.336 e. The Hall–Kier alpha value is -4.24. The monoisotopic (exact) mass is 445 g/mol. The largest absolute Gasteiger partial charge is 0.478 e. The second-order valence-electron chi connectivity index (χ2n) is 6.92. The maximum absolute atomic E-state index is 13.4. The van der Waals surface area contributed by atoms with E-state index in [2.05, 4.69) is 8.75 Å². The van der Waals surface area contributed by atoms with Crippen LogP contribution in [0.1, 0.15) is 21.5 Å². The Morgan fingerprint density at radius 2 is 1.59 bits per heavy atom. The van der Waals surface area contributed by atoms with E-state index in [-0.39, 0.29) is 23.3 Å². The molecule has 158 valence electrons. The number of aliphatic carboxylic acids is 1. The molecule has 0 saturated heterocycles. The van der Waals surface area contributed by atoms with Crippen LogP contribution in [-0.2, 0) is 11.2 Å². The van der Waals surface area contributed by atoms with Crippen LogP contribution in [0.4, 0.5) is 5.69 Å². The number of rotatable bonds is 7.